The highest BCUT2D eigenvalue weighted by Crippen LogP contribution is 2.71. The summed E-state index contributed by atoms with van der Waals surface area (Å²) >= 11 is 0. The molecule has 2 heterocycles. The second-order valence-electron chi connectivity index (χ2n) is 25.7. The number of allylic oxidation sites excluding steroid dienone is 4. The fourth-order valence-corrected chi connectivity index (χ4v) is 16.3. The van der Waals surface area contributed by atoms with Gasteiger partial charge < -0.3 is 55.7 Å². The molecule has 7 fully saturated rings. The van der Waals surface area contributed by atoms with E-state index < -0.39 is 96.1 Å². The minimum Gasteiger partial charge on any atom is -0.481 e. The number of aliphatic hydroxyl groups is 2. The largest absolute Gasteiger partial charge is 0.481 e. The molecule has 5 amide bonds. The van der Waals surface area contributed by atoms with Crippen LogP contribution in [0.25, 0.3) is 0 Å². The first-order chi connectivity index (χ1) is 41.7. The van der Waals surface area contributed by atoms with Crippen molar-refractivity contribution >= 4 is 58.6 Å². The zero-order chi connectivity index (χ0) is 61.0. The van der Waals surface area contributed by atoms with E-state index in [1.165, 1.54) is 0 Å². The Hall–Kier alpha value is -8.28. The molecule has 6 saturated carbocycles. The maximum atomic E-state index is 14.0. The first kappa shape index (κ1) is 59.1. The summed E-state index contributed by atoms with van der Waals surface area (Å²) in [5.41, 5.74) is 3.82. The Morgan fingerprint density at radius 2 is 1.56 bits per heavy atom. The lowest BCUT2D eigenvalue weighted by molar-refractivity contribution is -0.201. The number of nitrogens with one attached hydrogen (secondary N) is 4. The van der Waals surface area contributed by atoms with Crippen LogP contribution >= 0.6 is 0 Å². The van der Waals surface area contributed by atoms with E-state index in [0.717, 1.165) is 66.4 Å². The fraction of sp³-hybridized carbons (Fsp3) is 0.441. The molecular formula is C68H71N5O14. The van der Waals surface area contributed by atoms with E-state index in [2.05, 4.69) is 40.0 Å². The maximum Gasteiger partial charge on any atom is 0.407 e. The van der Waals surface area contributed by atoms with Crippen molar-refractivity contribution in [2.45, 2.75) is 140 Å². The van der Waals surface area contributed by atoms with E-state index in [1.807, 2.05) is 79.7 Å². The van der Waals surface area contributed by atoms with Crippen LogP contribution in [0.5, 0.6) is 0 Å². The van der Waals surface area contributed by atoms with Gasteiger partial charge in [0.1, 0.15) is 19.3 Å². The number of amides is 5. The number of benzene rings is 4. The third kappa shape index (κ3) is 11.1. The minimum absolute atomic E-state index is 0.00677. The Bertz CT molecular complexity index is 3590. The van der Waals surface area contributed by atoms with Gasteiger partial charge in [-0.2, -0.15) is 0 Å². The van der Waals surface area contributed by atoms with E-state index in [1.54, 1.807) is 47.4 Å². The van der Waals surface area contributed by atoms with Gasteiger partial charge in [-0.1, -0.05) is 104 Å². The molecule has 7 N–H and O–H groups in total. The lowest BCUT2D eigenvalue weighted by atomic mass is 9.38. The molecule has 0 aromatic heterocycles. The topological polar surface area (TPSA) is 276 Å². The second-order valence-corrected chi connectivity index (χ2v) is 25.7. The molecule has 1 saturated heterocycles. The summed E-state index contributed by atoms with van der Waals surface area (Å²) in [5.74, 6) is 2.30. The maximum absolute atomic E-state index is 14.0. The number of fused-ring (bicyclic) bond motifs is 9. The summed E-state index contributed by atoms with van der Waals surface area (Å²) in [6.07, 6.45) is 7.03. The van der Waals surface area contributed by atoms with Gasteiger partial charge in [0.05, 0.1) is 31.0 Å². The average molecular weight is 1180 g/mol. The molecule has 10 atom stereocenters. The van der Waals surface area contributed by atoms with Crippen molar-refractivity contribution < 1.29 is 67.9 Å². The number of anilines is 2. The number of aliphatic hydroxyl groups excluding tert-OH is 2. The number of carboxylic acid groups (broad SMARTS) is 1. The monoisotopic (exact) mass is 1180 g/mol. The van der Waals surface area contributed by atoms with Crippen molar-refractivity contribution in [3.63, 3.8) is 0 Å². The van der Waals surface area contributed by atoms with Crippen LogP contribution in [0.15, 0.2) is 121 Å². The number of aliphatic carboxylic acids is 1. The van der Waals surface area contributed by atoms with Gasteiger partial charge in [0, 0.05) is 63.9 Å². The highest BCUT2D eigenvalue weighted by molar-refractivity contribution is 6.01. The highest BCUT2D eigenvalue weighted by Gasteiger charge is 2.76. The number of alkyl carbamates (subject to hydrolysis) is 1. The highest BCUT2D eigenvalue weighted by atomic mass is 16.7. The van der Waals surface area contributed by atoms with Crippen LogP contribution < -0.4 is 26.2 Å². The van der Waals surface area contributed by atoms with Crippen LogP contribution in [-0.2, 0) is 67.3 Å². The predicted molar refractivity (Wildman–Crippen MR) is 316 cm³/mol. The molecule has 9 aliphatic rings. The minimum atomic E-state index is -1.44. The van der Waals surface area contributed by atoms with Crippen molar-refractivity contribution in [2.24, 2.45) is 34.0 Å². The molecule has 19 nitrogen and oxygen atoms in total. The lowest BCUT2D eigenvalue weighted by Gasteiger charge is -2.70. The number of carboxylic acids is 1. The predicted octanol–water partition coefficient (Wildman–Crippen LogP) is 6.81. The Morgan fingerprint density at radius 1 is 0.851 bits per heavy atom. The Labute approximate surface area is 503 Å². The number of ether oxygens (including phenoxy) is 3. The summed E-state index contributed by atoms with van der Waals surface area (Å²) in [7, 11) is 0. The number of hydrogen-bond acceptors (Lipinski definition) is 13. The van der Waals surface area contributed by atoms with Crippen molar-refractivity contribution in [3.8, 4) is 11.8 Å². The first-order valence-corrected chi connectivity index (χ1v) is 30.0. The SMILES string of the molecule is C[C@]12C=CC(=O)C=C1CC[C@@H]1[C@@H]2[C@@H](O)C[C@@]2(C)[C@H]1C[C@H]1OC(c3ccc(CC45CC(NC(=O)OCc6ccc(NC(=O)[C@H](CCC(=O)O)NC(=O)CNC(=O)CCC(=O)N7Cc8ccccc8C#Cc8ccccc87)cc6)(C4)C5)cc3)O[C@]12C(=O)CO. The summed E-state index contributed by atoms with van der Waals surface area (Å²) in [5, 5.41) is 42.6. The molecule has 4 aromatic carbocycles. The molecule has 0 radical (unpaired) electrons. The number of nitrogens with zero attached hydrogens (tertiary/aromatic N) is 1. The van der Waals surface area contributed by atoms with Gasteiger partial charge in [0.15, 0.2) is 23.5 Å². The van der Waals surface area contributed by atoms with Crippen LogP contribution in [0.2, 0.25) is 0 Å². The fourth-order valence-electron chi connectivity index (χ4n) is 16.3. The Morgan fingerprint density at radius 3 is 2.31 bits per heavy atom. The number of carbonyl (C=O) groups is 8. The molecule has 452 valence electrons. The number of Topliss-reactive ketones (excluding diaryl/α,β-unsaturated/α-hetero) is 1. The van der Waals surface area contributed by atoms with Gasteiger partial charge in [-0.25, -0.2) is 4.79 Å². The molecule has 2 bridgehead atoms. The molecule has 1 unspecified atom stereocenters. The zero-order valence-electron chi connectivity index (χ0n) is 48.6. The Kier molecular flexibility index (Phi) is 15.7. The number of hydrogen-bond donors (Lipinski definition) is 7. The van der Waals surface area contributed by atoms with Crippen LogP contribution in [-0.4, -0.2) is 105 Å². The molecule has 13 rings (SSSR count). The number of rotatable bonds is 19. The van der Waals surface area contributed by atoms with Gasteiger partial charge in [0.25, 0.3) is 0 Å². The molecule has 2 aliphatic heterocycles. The van der Waals surface area contributed by atoms with Crippen molar-refractivity contribution in [3.05, 3.63) is 154 Å². The third-order valence-corrected chi connectivity index (χ3v) is 20.2. The summed E-state index contributed by atoms with van der Waals surface area (Å²) < 4.78 is 19.1. The van der Waals surface area contributed by atoms with Gasteiger partial charge in [-0.05, 0) is 134 Å². The first-order valence-electron chi connectivity index (χ1n) is 30.0. The summed E-state index contributed by atoms with van der Waals surface area (Å²) in [6, 6.07) is 28.0. The van der Waals surface area contributed by atoms with Crippen LogP contribution in [0.1, 0.15) is 124 Å². The van der Waals surface area contributed by atoms with Gasteiger partial charge in [-0.15, -0.1) is 0 Å². The van der Waals surface area contributed by atoms with Crippen LogP contribution in [0.3, 0.4) is 0 Å². The number of ketones is 2. The summed E-state index contributed by atoms with van der Waals surface area (Å²) in [4.78, 5) is 105. The molecule has 0 spiro atoms. The molecule has 87 heavy (non-hydrogen) atoms. The third-order valence-electron chi connectivity index (χ3n) is 20.2. The van der Waals surface area contributed by atoms with E-state index in [-0.39, 0.29) is 72.8 Å². The van der Waals surface area contributed by atoms with Crippen molar-refractivity contribution in [1.82, 2.24) is 16.0 Å². The average Bonchev–Trinajstić information content (AvgIpc) is 1.68. The number of carbonyl (C=O) groups excluding carboxylic acids is 7. The second kappa shape index (κ2) is 23.1. The van der Waals surface area contributed by atoms with E-state index in [4.69, 9.17) is 14.2 Å². The van der Waals surface area contributed by atoms with Crippen molar-refractivity contribution in [2.75, 3.05) is 23.4 Å². The smallest absolute Gasteiger partial charge is 0.407 e. The zero-order valence-corrected chi connectivity index (χ0v) is 48.6. The lowest BCUT2D eigenvalue weighted by Crippen LogP contribution is -2.75. The normalized spacial score (nSPS) is 30.3. The van der Waals surface area contributed by atoms with E-state index >= 15 is 0 Å². The summed E-state index contributed by atoms with van der Waals surface area (Å²) in [6.45, 7) is 3.12. The van der Waals surface area contributed by atoms with Crippen molar-refractivity contribution in [1.29, 1.82) is 0 Å². The van der Waals surface area contributed by atoms with E-state index in [9.17, 15) is 53.7 Å². The molecular weight excluding hydrogens is 1110 g/mol. The number of para-hydroxylation sites is 1. The molecule has 7 aliphatic carbocycles. The Balaban J connectivity index is 0.576. The quantitative estimate of drug-likeness (QED) is 0.0475. The van der Waals surface area contributed by atoms with Gasteiger partial charge >= 0.3 is 12.1 Å². The molecule has 4 aromatic rings. The van der Waals surface area contributed by atoms with Crippen LogP contribution in [0, 0.1) is 45.8 Å². The van der Waals surface area contributed by atoms with Crippen LogP contribution in [0.4, 0.5) is 16.2 Å². The van der Waals surface area contributed by atoms with E-state index in [0.29, 0.717) is 35.3 Å². The standard InChI is InChI=1S/C68H71N5O14/c1-64-28-27-48(75)29-46(64)19-22-49-50-30-55-68(54(77)35-74,65(50,2)32-53(76)60(49)64)87-62(86-55)44-15-11-40(12-16-44)31-66-37-67(38-66,39-66)72-63(84)85-36-41-13-20-47(21-14-41)70-61(83)51(23-26-59(81)82)71-57(79)33-69-56(78)24-25-58(80)73-34-45-9-4-3-7-42(45)17-18-43-8-5-6-10-52(43)73/h3-16,20-21,27-29,49-51,53,55,60,62,74,76H,19,22-26,30-39H2,1-2H3,(H,69,78)(H,70,83)(H,71,79)(H,72,84)(H,81,82)/t49-,50-,51-,53-,55+,60+,62?,64-,65-,66?,67?,68+/m0/s1. The van der Waals surface area contributed by atoms with Gasteiger partial charge in [0.2, 0.25) is 23.6 Å². The molecule has 19 heteroatoms. The van der Waals surface area contributed by atoms with Gasteiger partial charge in [-0.3, -0.25) is 33.6 Å².